The second-order valence-electron chi connectivity index (χ2n) is 18.7. The van der Waals surface area contributed by atoms with Gasteiger partial charge in [-0.3, -0.25) is 9.80 Å². The second kappa shape index (κ2) is 17.2. The number of allylic oxidation sites excluding steroid dienone is 4. The molecule has 2 saturated heterocycles. The van der Waals surface area contributed by atoms with Crippen molar-refractivity contribution < 1.29 is 27.0 Å². The highest BCUT2D eigenvalue weighted by Crippen LogP contribution is 2.49. The Morgan fingerprint density at radius 1 is 0.523 bits per heavy atom. The first-order valence-electron chi connectivity index (χ1n) is 23.3. The van der Waals surface area contributed by atoms with Crippen molar-refractivity contribution in [1.29, 1.82) is 0 Å². The maximum atomic E-state index is 14.0. The van der Waals surface area contributed by atoms with Crippen LogP contribution < -0.4 is 0 Å². The Balaban J connectivity index is 0.683. The van der Waals surface area contributed by atoms with E-state index in [9.17, 15) is 27.0 Å². The van der Waals surface area contributed by atoms with Gasteiger partial charge in [0.05, 0.1) is 22.0 Å². The van der Waals surface area contributed by atoms with Gasteiger partial charge in [0, 0.05) is 77.3 Å². The molecule has 2 aliphatic heterocycles. The largest absolute Gasteiger partial charge is 0.392 e. The van der Waals surface area contributed by atoms with Crippen molar-refractivity contribution in [3.05, 3.63) is 160 Å². The number of β-amino-alcohol motifs (C(OH)–C–C–N with tert-alkyl or cyclic N) is 2. The first kappa shape index (κ1) is 42.8. The highest BCUT2D eigenvalue weighted by Gasteiger charge is 2.36. The molecule has 3 atom stereocenters. The van der Waals surface area contributed by atoms with Crippen molar-refractivity contribution in [2.45, 2.75) is 65.9 Å². The molecule has 0 saturated carbocycles. The summed E-state index contributed by atoms with van der Waals surface area (Å²) in [6.07, 6.45) is 7.17. The molecule has 0 bridgehead atoms. The minimum atomic E-state index is -3.77. The van der Waals surface area contributed by atoms with E-state index in [0.717, 1.165) is 35.1 Å². The molecule has 11 rings (SSSR count). The van der Waals surface area contributed by atoms with Crippen molar-refractivity contribution in [3.63, 3.8) is 0 Å². The van der Waals surface area contributed by atoms with Crippen LogP contribution in [0.2, 0.25) is 0 Å². The van der Waals surface area contributed by atoms with E-state index in [-0.39, 0.29) is 21.6 Å². The summed E-state index contributed by atoms with van der Waals surface area (Å²) in [7, 11) is -7.54. The Hall–Kier alpha value is -4.76. The van der Waals surface area contributed by atoms with Crippen molar-refractivity contribution in [2.24, 2.45) is 0 Å². The summed E-state index contributed by atoms with van der Waals surface area (Å²) >= 11 is 0. The lowest BCUT2D eigenvalue weighted by atomic mass is 9.88. The monoisotopic (exact) mass is 908 g/mol. The van der Waals surface area contributed by atoms with Gasteiger partial charge in [0.1, 0.15) is 0 Å². The number of aliphatic hydroxyl groups excluding tert-OH is 2. The number of rotatable bonds is 12. The van der Waals surface area contributed by atoms with Gasteiger partial charge in [-0.15, -0.1) is 0 Å². The Bertz CT molecular complexity index is 2910. The van der Waals surface area contributed by atoms with E-state index in [1.54, 1.807) is 32.9 Å². The number of benzene rings is 5. The normalized spacial score (nSPS) is 21.1. The number of hydrogen-bond donors (Lipinski definition) is 2. The molecule has 5 aromatic carbocycles. The highest BCUT2D eigenvalue weighted by molar-refractivity contribution is 7.89. The fourth-order valence-corrected chi connectivity index (χ4v) is 14.6. The van der Waals surface area contributed by atoms with Crippen LogP contribution in [0.1, 0.15) is 70.9 Å². The number of fused-ring (bicyclic) bond motifs is 8. The van der Waals surface area contributed by atoms with Gasteiger partial charge < -0.3 is 10.2 Å². The van der Waals surface area contributed by atoms with Crippen LogP contribution >= 0.6 is 0 Å². The lowest BCUT2D eigenvalue weighted by Gasteiger charge is -2.35. The van der Waals surface area contributed by atoms with Crippen LogP contribution in [0.5, 0.6) is 0 Å². The molecular formula is C53H56N4O6S2. The zero-order valence-corrected chi connectivity index (χ0v) is 38.2. The van der Waals surface area contributed by atoms with Crippen molar-refractivity contribution in [3.8, 4) is 22.3 Å². The standard InChI is InChI=1S/C53H56N4O6S2/c58-38(32-52-48-13-5-1-9-44(48)45-10-2-6-14-49(45)52)34-54-21-25-56(26-22-54)64(60,61)40-17-19-42-36(30-40)29-37-31-41(18-20-43(37)42)65(62,63)57-27-23-55(24-28-57)35-39(59)33-53-50-15-7-3-11-46(50)47-12-4-8-16-51(47)53/h1-3,5-11,13-20,30-31,38-39,52-53,58-59H,4,12,21-29,32-35H2. The maximum absolute atomic E-state index is 14.0. The van der Waals surface area contributed by atoms with E-state index in [4.69, 9.17) is 0 Å². The van der Waals surface area contributed by atoms with Crippen LogP contribution in [0.15, 0.2) is 137 Å². The Labute approximate surface area is 383 Å². The van der Waals surface area contributed by atoms with E-state index in [0.29, 0.717) is 84.7 Å². The molecule has 336 valence electrons. The third kappa shape index (κ3) is 7.85. The molecule has 4 aliphatic carbocycles. The summed E-state index contributed by atoms with van der Waals surface area (Å²) < 4.78 is 59.2. The van der Waals surface area contributed by atoms with E-state index in [1.165, 1.54) is 44.5 Å². The quantitative estimate of drug-likeness (QED) is 0.134. The van der Waals surface area contributed by atoms with E-state index >= 15 is 0 Å². The Morgan fingerprint density at radius 2 is 0.969 bits per heavy atom. The number of hydrogen-bond acceptors (Lipinski definition) is 8. The molecule has 6 aliphatic rings. The average Bonchev–Trinajstić information content (AvgIpc) is 3.96. The van der Waals surface area contributed by atoms with Crippen LogP contribution in [-0.4, -0.2) is 123 Å². The zero-order chi connectivity index (χ0) is 44.5. The number of sulfonamides is 2. The molecule has 0 aromatic heterocycles. The van der Waals surface area contributed by atoms with Crippen LogP contribution in [0.3, 0.4) is 0 Å². The molecule has 5 aromatic rings. The predicted molar refractivity (Wildman–Crippen MR) is 255 cm³/mol. The molecular weight excluding hydrogens is 853 g/mol. The summed E-state index contributed by atoms with van der Waals surface area (Å²) in [5, 5.41) is 22.6. The van der Waals surface area contributed by atoms with E-state index < -0.39 is 32.3 Å². The molecule has 3 unspecified atom stereocenters. The number of nitrogens with zero attached hydrogens (tertiary/aromatic N) is 4. The minimum Gasteiger partial charge on any atom is -0.392 e. The van der Waals surface area contributed by atoms with Gasteiger partial charge in [0.15, 0.2) is 0 Å². The average molecular weight is 909 g/mol. The SMILES string of the molecule is O=S(=O)(c1ccc2c(c1)Cc1cc(S(=O)(=O)N3CCN(CC(O)CC4c5ccccc5-c5ccccc54)CC3)ccc1-2)N1CCN(CC(O)CC2C3=C(CCC=C3)c3ccccc32)CC1. The molecule has 0 spiro atoms. The summed E-state index contributed by atoms with van der Waals surface area (Å²) in [4.78, 5) is 4.83. The Kier molecular flexibility index (Phi) is 11.3. The van der Waals surface area contributed by atoms with Crippen LogP contribution in [0, 0.1) is 0 Å². The second-order valence-corrected chi connectivity index (χ2v) is 22.6. The molecule has 12 heteroatoms. The van der Waals surface area contributed by atoms with Gasteiger partial charge in [-0.2, -0.15) is 8.61 Å². The van der Waals surface area contributed by atoms with Crippen LogP contribution in [0.25, 0.3) is 27.8 Å². The maximum Gasteiger partial charge on any atom is 0.243 e. The minimum absolute atomic E-state index is 0.127. The summed E-state index contributed by atoms with van der Waals surface area (Å²) in [5.41, 5.74) is 13.9. The first-order chi connectivity index (χ1) is 31.5. The Morgan fingerprint density at radius 3 is 1.48 bits per heavy atom. The van der Waals surface area contributed by atoms with Crippen molar-refractivity contribution in [2.75, 3.05) is 65.4 Å². The van der Waals surface area contributed by atoms with Crippen LogP contribution in [-0.2, 0) is 26.5 Å². The smallest absolute Gasteiger partial charge is 0.243 e. The van der Waals surface area contributed by atoms with Gasteiger partial charge in [0.2, 0.25) is 20.0 Å². The number of aliphatic hydroxyl groups is 2. The van der Waals surface area contributed by atoms with Crippen molar-refractivity contribution >= 4 is 25.6 Å². The molecule has 2 N–H and O–H groups in total. The zero-order valence-electron chi connectivity index (χ0n) is 36.6. The lowest BCUT2D eigenvalue weighted by molar-refractivity contribution is 0.0837. The summed E-state index contributed by atoms with van der Waals surface area (Å²) in [6, 6.07) is 36.0. The molecule has 0 amide bonds. The van der Waals surface area contributed by atoms with Crippen molar-refractivity contribution in [1.82, 2.24) is 18.4 Å². The predicted octanol–water partition coefficient (Wildman–Crippen LogP) is 7.09. The lowest BCUT2D eigenvalue weighted by Crippen LogP contribution is -2.50. The van der Waals surface area contributed by atoms with Gasteiger partial charge in [-0.25, -0.2) is 16.8 Å². The highest BCUT2D eigenvalue weighted by atomic mass is 32.2. The molecule has 65 heavy (non-hydrogen) atoms. The third-order valence-corrected chi connectivity index (χ3v) is 18.7. The van der Waals surface area contributed by atoms with Gasteiger partial charge in [0.25, 0.3) is 0 Å². The first-order valence-corrected chi connectivity index (χ1v) is 26.2. The molecule has 10 nitrogen and oxygen atoms in total. The van der Waals surface area contributed by atoms with Gasteiger partial charge in [-0.05, 0) is 123 Å². The van der Waals surface area contributed by atoms with Gasteiger partial charge in [-0.1, -0.05) is 97.1 Å². The molecule has 2 fully saturated rings. The van der Waals surface area contributed by atoms with Gasteiger partial charge >= 0.3 is 0 Å². The molecule has 2 heterocycles. The molecule has 0 radical (unpaired) electrons. The van der Waals surface area contributed by atoms with Crippen LogP contribution in [0.4, 0.5) is 0 Å². The van der Waals surface area contributed by atoms with E-state index in [1.807, 2.05) is 12.1 Å². The fraction of sp³-hybridized carbons (Fsp3) is 0.358. The summed E-state index contributed by atoms with van der Waals surface area (Å²) in [5.74, 6) is 0.304. The number of piperazine rings is 2. The topological polar surface area (TPSA) is 122 Å². The summed E-state index contributed by atoms with van der Waals surface area (Å²) in [6.45, 7) is 4.50. The fourth-order valence-electron chi connectivity index (χ4n) is 11.7. The van der Waals surface area contributed by atoms with E-state index in [2.05, 4.69) is 94.7 Å². The third-order valence-electron chi connectivity index (χ3n) is 14.9.